The molecule has 2 aliphatic rings. The molecular formula is C22H33BLi2Si2. The quantitative estimate of drug-likeness (QED) is 0.632. The van der Waals surface area contributed by atoms with Crippen molar-refractivity contribution in [3.8, 4) is 0 Å². The molecule has 1 aromatic carbocycles. The molecule has 0 fully saturated rings. The topological polar surface area (TPSA) is 0 Å². The molecule has 0 saturated carbocycles. The third-order valence-corrected chi connectivity index (χ3v) is 9.59. The predicted molar refractivity (Wildman–Crippen MR) is 122 cm³/mol. The van der Waals surface area contributed by atoms with E-state index in [0.717, 1.165) is 12.8 Å². The first-order valence-electron chi connectivity index (χ1n) is 9.54. The summed E-state index contributed by atoms with van der Waals surface area (Å²) in [5, 5.41) is 3.35. The minimum Gasteiger partial charge on any atom is -1.00 e. The van der Waals surface area contributed by atoms with Gasteiger partial charge in [-0.1, -0.05) is 121 Å². The molecule has 0 nitrogen and oxygen atoms in total. The molecule has 0 amide bonds. The average molecular weight is 378 g/mol. The molecule has 0 N–H and O–H groups in total. The SMILES string of the molecule is C[Si](C)(C)C1=C(B(C2=C([Si](C)(C)C)C=CC2)c2ccccc2)CC=C1.[H-].[H-].[Li+].[Li+]. The van der Waals surface area contributed by atoms with Crippen molar-refractivity contribution in [2.24, 2.45) is 0 Å². The number of allylic oxidation sites excluding steroid dienone is 8. The van der Waals surface area contributed by atoms with Crippen molar-refractivity contribution in [2.75, 3.05) is 0 Å². The molecule has 0 aliphatic heterocycles. The smallest absolute Gasteiger partial charge is 1.00 e. The van der Waals surface area contributed by atoms with Crippen molar-refractivity contribution >= 4 is 28.3 Å². The van der Waals surface area contributed by atoms with Gasteiger partial charge in [-0.15, -0.1) is 0 Å². The second kappa shape index (κ2) is 9.58. The second-order valence-corrected chi connectivity index (χ2v) is 19.5. The van der Waals surface area contributed by atoms with Gasteiger partial charge in [0.1, 0.15) is 0 Å². The maximum absolute atomic E-state index is 2.49. The minimum atomic E-state index is -1.34. The molecule has 2 aliphatic carbocycles. The van der Waals surface area contributed by atoms with Gasteiger partial charge in [0.15, 0.2) is 0 Å². The van der Waals surface area contributed by atoms with Gasteiger partial charge >= 0.3 is 37.7 Å². The number of hydrogen-bond donors (Lipinski definition) is 0. The Morgan fingerprint density at radius 1 is 0.704 bits per heavy atom. The van der Waals surface area contributed by atoms with Crippen LogP contribution in [0.25, 0.3) is 0 Å². The summed E-state index contributed by atoms with van der Waals surface area (Å²) in [6, 6.07) is 11.2. The largest absolute Gasteiger partial charge is 1.00 e. The summed E-state index contributed by atoms with van der Waals surface area (Å²) >= 11 is 0. The first kappa shape index (κ1) is 24.9. The first-order valence-corrected chi connectivity index (χ1v) is 16.5. The van der Waals surface area contributed by atoms with E-state index >= 15 is 0 Å². The summed E-state index contributed by atoms with van der Waals surface area (Å²) in [7, 11) is -2.68. The van der Waals surface area contributed by atoms with Crippen LogP contribution < -0.4 is 43.2 Å². The third kappa shape index (κ3) is 5.48. The van der Waals surface area contributed by atoms with E-state index in [9.17, 15) is 0 Å². The van der Waals surface area contributed by atoms with Crippen molar-refractivity contribution in [2.45, 2.75) is 52.1 Å². The summed E-state index contributed by atoms with van der Waals surface area (Å²) in [6.07, 6.45) is 11.9. The Bertz CT molecular complexity index is 741. The van der Waals surface area contributed by atoms with Crippen LogP contribution in [0.1, 0.15) is 15.7 Å². The normalized spacial score (nSPS) is 16.5. The van der Waals surface area contributed by atoms with Crippen LogP contribution in [-0.4, -0.2) is 22.9 Å². The predicted octanol–water partition coefficient (Wildman–Crippen LogP) is -0.0324. The Labute approximate surface area is 196 Å². The molecule has 0 radical (unpaired) electrons. The van der Waals surface area contributed by atoms with Gasteiger partial charge in [-0.3, -0.25) is 0 Å². The van der Waals surface area contributed by atoms with Crippen LogP contribution in [0.2, 0.25) is 39.3 Å². The standard InChI is InChI=1S/C22H31BSi2.2Li.2H/c1-24(2,3)21-16-10-14-19(21)23(18-12-8-7-9-13-18)20-15-11-17-22(20)25(4,5)6;;;;/h7-13,16-17H,14-15H2,1-6H3;;;;/q;2*+1;2*-1. The van der Waals surface area contributed by atoms with Crippen molar-refractivity contribution in [1.29, 1.82) is 0 Å². The fourth-order valence-corrected chi connectivity index (χ4v) is 7.96. The molecule has 0 bridgehead atoms. The fourth-order valence-electron chi connectivity index (χ4n) is 4.31. The molecule has 0 atom stereocenters. The zero-order chi connectivity index (χ0) is 18.2. The minimum absolute atomic E-state index is 0. The molecule has 27 heavy (non-hydrogen) atoms. The van der Waals surface area contributed by atoms with Gasteiger partial charge in [0, 0.05) is 0 Å². The molecule has 3 rings (SSSR count). The number of rotatable bonds is 5. The molecule has 0 aromatic heterocycles. The van der Waals surface area contributed by atoms with Crippen LogP contribution in [0.3, 0.4) is 0 Å². The molecule has 134 valence electrons. The van der Waals surface area contributed by atoms with Crippen molar-refractivity contribution in [3.05, 3.63) is 76.0 Å². The second-order valence-electron chi connectivity index (χ2n) is 9.43. The van der Waals surface area contributed by atoms with Gasteiger partial charge in [-0.25, -0.2) is 0 Å². The van der Waals surface area contributed by atoms with Gasteiger partial charge in [0.25, 0.3) is 0 Å². The van der Waals surface area contributed by atoms with Crippen molar-refractivity contribution < 1.29 is 40.6 Å². The van der Waals surface area contributed by atoms with Gasteiger partial charge in [-0.2, -0.15) is 0 Å². The maximum atomic E-state index is 2.49. The molecule has 0 spiro atoms. The van der Waals surface area contributed by atoms with E-state index in [1.54, 1.807) is 21.3 Å². The summed E-state index contributed by atoms with van der Waals surface area (Å²) in [4.78, 5) is 0. The van der Waals surface area contributed by atoms with E-state index in [2.05, 4.69) is 93.9 Å². The van der Waals surface area contributed by atoms with Crippen LogP contribution in [0, 0.1) is 0 Å². The maximum Gasteiger partial charge on any atom is 1.00 e. The molecular weight excluding hydrogens is 345 g/mol. The van der Waals surface area contributed by atoms with E-state index in [-0.39, 0.29) is 40.6 Å². The summed E-state index contributed by atoms with van der Waals surface area (Å²) in [6.45, 7) is 15.4. The van der Waals surface area contributed by atoms with Crippen LogP contribution >= 0.6 is 0 Å². The van der Waals surface area contributed by atoms with Gasteiger partial charge in [0.2, 0.25) is 6.71 Å². The van der Waals surface area contributed by atoms with Crippen molar-refractivity contribution in [3.63, 3.8) is 0 Å². The Balaban J connectivity index is 0. The van der Waals surface area contributed by atoms with E-state index in [1.807, 2.05) is 0 Å². The molecule has 1 aromatic rings. The summed E-state index contributed by atoms with van der Waals surface area (Å²) < 4.78 is 0. The molecule has 5 heteroatoms. The zero-order valence-electron chi connectivity index (χ0n) is 20.7. The van der Waals surface area contributed by atoms with E-state index < -0.39 is 16.1 Å². The Morgan fingerprint density at radius 2 is 1.11 bits per heavy atom. The van der Waals surface area contributed by atoms with Crippen molar-refractivity contribution in [1.82, 2.24) is 0 Å². The number of benzene rings is 1. The van der Waals surface area contributed by atoms with Gasteiger partial charge in [0.05, 0.1) is 16.1 Å². The third-order valence-electron chi connectivity index (χ3n) is 5.38. The molecule has 0 saturated heterocycles. The monoisotopic (exact) mass is 378 g/mol. The summed E-state index contributed by atoms with van der Waals surface area (Å²) in [5.41, 5.74) is 4.84. The average Bonchev–Trinajstić information content (AvgIpc) is 3.17. The molecule has 0 unspecified atom stereocenters. The first-order chi connectivity index (χ1) is 11.7. The Hall–Kier alpha value is -0.126. The van der Waals surface area contributed by atoms with Crippen LogP contribution in [0.4, 0.5) is 0 Å². The Kier molecular flexibility index (Phi) is 8.84. The van der Waals surface area contributed by atoms with Crippen LogP contribution in [0.15, 0.2) is 76.0 Å². The summed E-state index contributed by atoms with van der Waals surface area (Å²) in [5.74, 6) is 0. The fraction of sp³-hybridized carbons (Fsp3) is 0.364. The zero-order valence-corrected chi connectivity index (χ0v) is 20.7. The van der Waals surface area contributed by atoms with Gasteiger partial charge in [-0.05, 0) is 12.8 Å². The van der Waals surface area contributed by atoms with Crippen LogP contribution in [0.5, 0.6) is 0 Å². The van der Waals surface area contributed by atoms with Gasteiger partial charge < -0.3 is 2.85 Å². The Morgan fingerprint density at radius 3 is 1.48 bits per heavy atom. The molecule has 0 heterocycles. The van der Waals surface area contributed by atoms with E-state index in [0.29, 0.717) is 6.71 Å². The van der Waals surface area contributed by atoms with E-state index in [4.69, 9.17) is 0 Å². The van der Waals surface area contributed by atoms with E-state index in [1.165, 1.54) is 5.46 Å². The number of hydrogen-bond acceptors (Lipinski definition) is 0. The van der Waals surface area contributed by atoms with Crippen LogP contribution in [-0.2, 0) is 0 Å².